The maximum Gasteiger partial charge on any atom is 0.272 e. The number of amides is 1. The predicted octanol–water partition coefficient (Wildman–Crippen LogP) is 2.70. The number of anilines is 1. The molecular formula is C21H25N3O3. The Bertz CT molecular complexity index is 763. The number of nitrogens with zero attached hydrogens (tertiary/aromatic N) is 3. The number of hydrogen-bond donors (Lipinski definition) is 0. The van der Waals surface area contributed by atoms with Crippen LogP contribution >= 0.6 is 0 Å². The van der Waals surface area contributed by atoms with Crippen LogP contribution in [0.15, 0.2) is 48.7 Å². The molecule has 6 heteroatoms. The monoisotopic (exact) mass is 367 g/mol. The third kappa shape index (κ3) is 3.96. The first kappa shape index (κ1) is 17.9. The highest BCUT2D eigenvalue weighted by Crippen LogP contribution is 2.31. The highest BCUT2D eigenvalue weighted by Gasteiger charge is 2.41. The van der Waals surface area contributed by atoms with Crippen molar-refractivity contribution >= 4 is 11.6 Å². The molecule has 0 radical (unpaired) electrons. The van der Waals surface area contributed by atoms with E-state index in [4.69, 9.17) is 9.47 Å². The molecule has 142 valence electrons. The number of pyridine rings is 1. The van der Waals surface area contributed by atoms with Crippen LogP contribution < -0.4 is 4.90 Å². The van der Waals surface area contributed by atoms with Crippen LogP contribution in [0, 0.1) is 0 Å². The van der Waals surface area contributed by atoms with Crippen molar-refractivity contribution in [3.05, 3.63) is 59.9 Å². The zero-order valence-corrected chi connectivity index (χ0v) is 15.6. The minimum absolute atomic E-state index is 0.0277. The Morgan fingerprint density at radius 2 is 1.81 bits per heavy atom. The molecular weight excluding hydrogens is 342 g/mol. The normalized spacial score (nSPS) is 18.6. The van der Waals surface area contributed by atoms with Crippen LogP contribution in [-0.2, 0) is 16.0 Å². The molecule has 0 saturated carbocycles. The van der Waals surface area contributed by atoms with Crippen molar-refractivity contribution in [2.45, 2.75) is 25.2 Å². The van der Waals surface area contributed by atoms with E-state index in [0.29, 0.717) is 32.0 Å². The molecule has 2 saturated heterocycles. The number of carbonyl (C=O) groups excluding carboxylic acids is 1. The summed E-state index contributed by atoms with van der Waals surface area (Å²) in [5, 5.41) is 0. The fraction of sp³-hybridized carbons (Fsp3) is 0.429. The van der Waals surface area contributed by atoms with Crippen molar-refractivity contribution in [1.82, 2.24) is 9.88 Å². The summed E-state index contributed by atoms with van der Waals surface area (Å²) in [4.78, 5) is 21.1. The molecule has 1 aromatic carbocycles. The fourth-order valence-corrected chi connectivity index (χ4v) is 3.69. The summed E-state index contributed by atoms with van der Waals surface area (Å²) >= 11 is 0. The standard InChI is InChI=1S/C21H25N3O3/c1-23(16-17-5-3-2-4-6-17)18-7-8-19(22-15-18)20(25)24-11-9-21(10-12-24)26-13-14-27-21/h2-8,15H,9-14,16H2,1H3. The van der Waals surface area contributed by atoms with Gasteiger partial charge in [0.05, 0.1) is 25.1 Å². The van der Waals surface area contributed by atoms with Crippen LogP contribution in [0.1, 0.15) is 28.9 Å². The van der Waals surface area contributed by atoms with Gasteiger partial charge in [0.15, 0.2) is 5.79 Å². The van der Waals surface area contributed by atoms with Gasteiger partial charge in [0.1, 0.15) is 5.69 Å². The number of hydrogen-bond acceptors (Lipinski definition) is 5. The average Bonchev–Trinajstić information content (AvgIpc) is 3.17. The number of aromatic nitrogens is 1. The number of ether oxygens (including phenoxy) is 2. The minimum Gasteiger partial charge on any atom is -0.369 e. The fourth-order valence-electron chi connectivity index (χ4n) is 3.69. The summed E-state index contributed by atoms with van der Waals surface area (Å²) in [7, 11) is 2.02. The Balaban J connectivity index is 1.36. The minimum atomic E-state index is -0.464. The smallest absolute Gasteiger partial charge is 0.272 e. The van der Waals surface area contributed by atoms with Crippen molar-refractivity contribution in [3.8, 4) is 0 Å². The van der Waals surface area contributed by atoms with Crippen molar-refractivity contribution in [2.75, 3.05) is 38.3 Å². The van der Waals surface area contributed by atoms with Gasteiger partial charge in [-0.2, -0.15) is 0 Å². The molecule has 2 aromatic rings. The maximum absolute atomic E-state index is 12.7. The Hall–Kier alpha value is -2.44. The molecule has 0 bridgehead atoms. The first-order chi connectivity index (χ1) is 13.2. The predicted molar refractivity (Wildman–Crippen MR) is 103 cm³/mol. The molecule has 4 rings (SSSR count). The lowest BCUT2D eigenvalue weighted by molar-refractivity contribution is -0.181. The summed E-state index contributed by atoms with van der Waals surface area (Å²) in [5.74, 6) is -0.492. The zero-order valence-electron chi connectivity index (χ0n) is 15.6. The molecule has 3 heterocycles. The van der Waals surface area contributed by atoms with Crippen molar-refractivity contribution in [3.63, 3.8) is 0 Å². The summed E-state index contributed by atoms with van der Waals surface area (Å²) < 4.78 is 11.4. The molecule has 27 heavy (non-hydrogen) atoms. The van der Waals surface area contributed by atoms with Gasteiger partial charge in [0.25, 0.3) is 5.91 Å². The Morgan fingerprint density at radius 1 is 1.11 bits per heavy atom. The van der Waals surface area contributed by atoms with Gasteiger partial charge in [-0.1, -0.05) is 30.3 Å². The Kier molecular flexibility index (Phi) is 5.09. The molecule has 0 aliphatic carbocycles. The van der Waals surface area contributed by atoms with Crippen LogP contribution in [0.2, 0.25) is 0 Å². The van der Waals surface area contributed by atoms with E-state index in [1.165, 1.54) is 5.56 Å². The molecule has 0 unspecified atom stereocenters. The van der Waals surface area contributed by atoms with Crippen LogP contribution in [0.5, 0.6) is 0 Å². The van der Waals surface area contributed by atoms with Crippen LogP contribution in [-0.4, -0.2) is 54.9 Å². The lowest BCUT2D eigenvalue weighted by atomic mass is 10.0. The highest BCUT2D eigenvalue weighted by atomic mass is 16.7. The van der Waals surface area contributed by atoms with Crippen molar-refractivity contribution < 1.29 is 14.3 Å². The van der Waals surface area contributed by atoms with Gasteiger partial charge in [0.2, 0.25) is 0 Å². The topological polar surface area (TPSA) is 54.9 Å². The maximum atomic E-state index is 12.7. The van der Waals surface area contributed by atoms with E-state index in [1.807, 2.05) is 42.3 Å². The lowest BCUT2D eigenvalue weighted by Crippen LogP contribution is -2.47. The van der Waals surface area contributed by atoms with Gasteiger partial charge in [-0.15, -0.1) is 0 Å². The van der Waals surface area contributed by atoms with E-state index in [-0.39, 0.29) is 5.91 Å². The van der Waals surface area contributed by atoms with Crippen LogP contribution in [0.25, 0.3) is 0 Å². The van der Waals surface area contributed by atoms with E-state index < -0.39 is 5.79 Å². The number of carbonyl (C=O) groups is 1. The molecule has 6 nitrogen and oxygen atoms in total. The average molecular weight is 367 g/mol. The van der Waals surface area contributed by atoms with E-state index in [2.05, 4.69) is 22.0 Å². The molecule has 2 fully saturated rings. The Morgan fingerprint density at radius 3 is 2.44 bits per heavy atom. The van der Waals surface area contributed by atoms with E-state index in [0.717, 1.165) is 25.1 Å². The van der Waals surface area contributed by atoms with Crippen LogP contribution in [0.4, 0.5) is 5.69 Å². The molecule has 0 N–H and O–H groups in total. The van der Waals surface area contributed by atoms with Gasteiger partial charge >= 0.3 is 0 Å². The molecule has 1 spiro atoms. The first-order valence-corrected chi connectivity index (χ1v) is 9.44. The van der Waals surface area contributed by atoms with Gasteiger partial charge in [-0.05, 0) is 17.7 Å². The SMILES string of the molecule is CN(Cc1ccccc1)c1ccc(C(=O)N2CCC3(CC2)OCCO3)nc1. The lowest BCUT2D eigenvalue weighted by Gasteiger charge is -2.37. The molecule has 2 aliphatic heterocycles. The largest absolute Gasteiger partial charge is 0.369 e. The van der Waals surface area contributed by atoms with Gasteiger partial charge in [0, 0.05) is 39.5 Å². The highest BCUT2D eigenvalue weighted by molar-refractivity contribution is 5.92. The third-order valence-corrected chi connectivity index (χ3v) is 5.30. The van der Waals surface area contributed by atoms with Gasteiger partial charge < -0.3 is 19.3 Å². The summed E-state index contributed by atoms with van der Waals surface area (Å²) in [6.45, 7) is 3.36. The number of benzene rings is 1. The van der Waals surface area contributed by atoms with E-state index >= 15 is 0 Å². The van der Waals surface area contributed by atoms with Gasteiger partial charge in [-0.25, -0.2) is 4.98 Å². The van der Waals surface area contributed by atoms with Crippen molar-refractivity contribution in [2.24, 2.45) is 0 Å². The second-order valence-corrected chi connectivity index (χ2v) is 7.14. The molecule has 1 aromatic heterocycles. The van der Waals surface area contributed by atoms with Crippen LogP contribution in [0.3, 0.4) is 0 Å². The summed E-state index contributed by atoms with van der Waals surface area (Å²) in [6.07, 6.45) is 3.21. The quantitative estimate of drug-likeness (QED) is 0.832. The Labute approximate surface area is 159 Å². The number of rotatable bonds is 4. The van der Waals surface area contributed by atoms with E-state index in [1.54, 1.807) is 6.20 Å². The first-order valence-electron chi connectivity index (χ1n) is 9.44. The summed E-state index contributed by atoms with van der Waals surface area (Å²) in [5.41, 5.74) is 2.70. The molecule has 1 amide bonds. The summed E-state index contributed by atoms with van der Waals surface area (Å²) in [6, 6.07) is 14.1. The third-order valence-electron chi connectivity index (χ3n) is 5.30. The number of likely N-dealkylation sites (tertiary alicyclic amines) is 1. The van der Waals surface area contributed by atoms with E-state index in [9.17, 15) is 4.79 Å². The molecule has 0 atom stereocenters. The zero-order chi connectivity index (χ0) is 18.7. The second kappa shape index (κ2) is 7.66. The second-order valence-electron chi connectivity index (χ2n) is 7.14. The van der Waals surface area contributed by atoms with Gasteiger partial charge in [-0.3, -0.25) is 4.79 Å². The number of piperidine rings is 1. The molecule has 2 aliphatic rings. The van der Waals surface area contributed by atoms with Crippen molar-refractivity contribution in [1.29, 1.82) is 0 Å².